The van der Waals surface area contributed by atoms with Crippen molar-refractivity contribution in [2.45, 2.75) is 44.7 Å². The van der Waals surface area contributed by atoms with Crippen LogP contribution in [0.5, 0.6) is 5.75 Å². The van der Waals surface area contributed by atoms with Crippen molar-refractivity contribution >= 4 is 28.5 Å². The van der Waals surface area contributed by atoms with Crippen LogP contribution in [0, 0.1) is 5.82 Å². The summed E-state index contributed by atoms with van der Waals surface area (Å²) in [5.41, 5.74) is 5.10. The number of carbonyl (C=O) groups is 2. The lowest BCUT2D eigenvalue weighted by atomic mass is 10.0. The fraction of sp³-hybridized carbons (Fsp3) is 0.458. The van der Waals surface area contributed by atoms with Crippen molar-refractivity contribution in [2.75, 3.05) is 31.6 Å². The Balaban J connectivity index is 1.79. The third kappa shape index (κ3) is 4.72. The number of pyridine rings is 1. The summed E-state index contributed by atoms with van der Waals surface area (Å²) < 4.78 is 37.6. The third-order valence-electron chi connectivity index (χ3n) is 6.39. The molecule has 1 saturated heterocycles. The quantitative estimate of drug-likeness (QED) is 0.544. The Labute approximate surface area is 200 Å². The van der Waals surface area contributed by atoms with Crippen molar-refractivity contribution in [2.24, 2.45) is 5.73 Å². The average Bonchev–Trinajstić information content (AvgIpc) is 3.67. The summed E-state index contributed by atoms with van der Waals surface area (Å²) in [6, 6.07) is 0.251. The number of piperidine rings is 1. The summed E-state index contributed by atoms with van der Waals surface area (Å²) >= 11 is 0. The molecule has 35 heavy (non-hydrogen) atoms. The maximum atomic E-state index is 15.5. The van der Waals surface area contributed by atoms with Gasteiger partial charge < -0.3 is 30.4 Å². The zero-order valence-electron chi connectivity index (χ0n) is 19.6. The van der Waals surface area contributed by atoms with Crippen molar-refractivity contribution in [3.63, 3.8) is 0 Å². The minimum Gasteiger partial charge on any atom is -0.492 e. The van der Waals surface area contributed by atoms with E-state index in [9.17, 15) is 23.9 Å². The minimum absolute atomic E-state index is 0.0220. The highest BCUT2D eigenvalue weighted by Gasteiger charge is 2.32. The molecule has 188 valence electrons. The van der Waals surface area contributed by atoms with E-state index in [-0.39, 0.29) is 36.0 Å². The molecule has 1 aromatic carbocycles. The number of methoxy groups -OCH3 is 1. The van der Waals surface area contributed by atoms with Crippen LogP contribution < -0.4 is 26.1 Å². The first-order valence-corrected chi connectivity index (χ1v) is 11.5. The van der Waals surface area contributed by atoms with Crippen LogP contribution in [0.4, 0.5) is 14.5 Å². The molecule has 2 heterocycles. The summed E-state index contributed by atoms with van der Waals surface area (Å²) in [5, 5.41) is 11.8. The van der Waals surface area contributed by atoms with Gasteiger partial charge in [0, 0.05) is 25.3 Å². The predicted molar refractivity (Wildman–Crippen MR) is 126 cm³/mol. The van der Waals surface area contributed by atoms with Crippen molar-refractivity contribution < 1.29 is 28.2 Å². The number of carboxylic acids is 1. The highest BCUT2D eigenvalue weighted by Crippen LogP contribution is 2.44. The summed E-state index contributed by atoms with van der Waals surface area (Å²) in [7, 11) is 1.36. The number of ether oxygens (including phenoxy) is 1. The molecule has 11 heteroatoms. The largest absolute Gasteiger partial charge is 0.492 e. The van der Waals surface area contributed by atoms with Crippen LogP contribution in [0.25, 0.3) is 10.9 Å². The molecular weight excluding hydrogens is 462 g/mol. The molecule has 0 spiro atoms. The molecule has 2 fully saturated rings. The van der Waals surface area contributed by atoms with Gasteiger partial charge in [-0.2, -0.15) is 0 Å². The van der Waals surface area contributed by atoms with Gasteiger partial charge in [0.25, 0.3) is 0 Å². The van der Waals surface area contributed by atoms with Crippen molar-refractivity contribution in [3.05, 3.63) is 45.3 Å². The first kappa shape index (κ1) is 24.6. The Morgan fingerprint density at radius 2 is 2.09 bits per heavy atom. The zero-order valence-corrected chi connectivity index (χ0v) is 19.6. The number of hydrogen-bond donors (Lipinski definition) is 3. The van der Waals surface area contributed by atoms with Crippen LogP contribution >= 0.6 is 0 Å². The van der Waals surface area contributed by atoms with Crippen LogP contribution in [-0.4, -0.2) is 54.3 Å². The Morgan fingerprint density at radius 3 is 2.69 bits per heavy atom. The minimum atomic E-state index is -1.38. The van der Waals surface area contributed by atoms with Gasteiger partial charge in [-0.25, -0.2) is 13.6 Å². The number of hydrogen-bond acceptors (Lipinski definition) is 6. The number of carbonyl (C=O) groups excluding carboxylic acids is 1. The first-order chi connectivity index (χ1) is 16.6. The molecule has 1 amide bonds. The van der Waals surface area contributed by atoms with Gasteiger partial charge >= 0.3 is 5.97 Å². The average molecular weight is 491 g/mol. The van der Waals surface area contributed by atoms with Gasteiger partial charge in [0.2, 0.25) is 11.3 Å². The lowest BCUT2D eigenvalue weighted by Gasteiger charge is -2.33. The molecule has 9 nitrogen and oxygen atoms in total. The van der Waals surface area contributed by atoms with E-state index in [0.717, 1.165) is 18.9 Å². The Hall–Kier alpha value is -3.47. The number of benzene rings is 1. The number of aromatic carboxylic acids is 1. The third-order valence-corrected chi connectivity index (χ3v) is 6.39. The number of nitrogens with zero attached hydrogens (tertiary/aromatic N) is 2. The lowest BCUT2D eigenvalue weighted by molar-refractivity contribution is -0.121. The SMILES string of the molecule is COc1c(N2CCCC(=C(F)CNC(=O)[C@H](C)N)C2)c(F)cc2c(=O)c(C(=O)O)cn(C3CC3)c12. The summed E-state index contributed by atoms with van der Waals surface area (Å²) in [5.74, 6) is -3.03. The summed E-state index contributed by atoms with van der Waals surface area (Å²) in [6.07, 6.45) is 3.86. The number of fused-ring (bicyclic) bond motifs is 1. The molecule has 0 unspecified atom stereocenters. The van der Waals surface area contributed by atoms with E-state index >= 15 is 4.39 Å². The molecule has 2 aliphatic rings. The number of rotatable bonds is 7. The molecule has 1 saturated carbocycles. The van der Waals surface area contributed by atoms with Crippen LogP contribution in [0.2, 0.25) is 0 Å². The maximum absolute atomic E-state index is 15.5. The van der Waals surface area contributed by atoms with Gasteiger partial charge in [0.15, 0.2) is 11.6 Å². The normalized spacial score (nSPS) is 18.4. The molecule has 1 atom stereocenters. The molecular formula is C24H28F2N4O5. The standard InChI is InChI=1S/C24H28F2N4O5/c1-12(27)23(32)28-9-18(26)13-4-3-7-29(10-13)20-17(25)8-15-19(22(20)35-2)30(14-5-6-14)11-16(21(15)31)24(33)34/h8,11-12,14H,3-7,9-10,27H2,1-2H3,(H,28,32)(H,33,34)/t12-/m0/s1. The van der Waals surface area contributed by atoms with E-state index in [1.807, 2.05) is 0 Å². The second-order valence-corrected chi connectivity index (χ2v) is 8.99. The number of amides is 1. The molecule has 4 rings (SSSR count). The second-order valence-electron chi connectivity index (χ2n) is 8.99. The topological polar surface area (TPSA) is 127 Å². The van der Waals surface area contributed by atoms with Gasteiger partial charge in [0.1, 0.15) is 17.1 Å². The number of halogens is 2. The summed E-state index contributed by atoms with van der Waals surface area (Å²) in [4.78, 5) is 37.8. The predicted octanol–water partition coefficient (Wildman–Crippen LogP) is 2.47. The van der Waals surface area contributed by atoms with Gasteiger partial charge in [-0.05, 0) is 44.2 Å². The van der Waals surface area contributed by atoms with Gasteiger partial charge in [-0.15, -0.1) is 0 Å². The van der Waals surface area contributed by atoms with Crippen molar-refractivity contribution in [1.82, 2.24) is 9.88 Å². The molecule has 1 aromatic heterocycles. The van der Waals surface area contributed by atoms with Crippen LogP contribution in [0.1, 0.15) is 49.0 Å². The van der Waals surface area contributed by atoms with Gasteiger partial charge in [-0.3, -0.25) is 9.59 Å². The number of nitrogens with one attached hydrogen (secondary N) is 1. The monoisotopic (exact) mass is 490 g/mol. The van der Waals surface area contributed by atoms with Crippen LogP contribution in [-0.2, 0) is 4.79 Å². The Morgan fingerprint density at radius 1 is 1.37 bits per heavy atom. The molecule has 4 N–H and O–H groups in total. The Bertz CT molecular complexity index is 1280. The molecule has 0 radical (unpaired) electrons. The van der Waals surface area contributed by atoms with Crippen molar-refractivity contribution in [3.8, 4) is 5.75 Å². The van der Waals surface area contributed by atoms with E-state index in [2.05, 4.69) is 5.32 Å². The fourth-order valence-electron chi connectivity index (χ4n) is 4.46. The smallest absolute Gasteiger partial charge is 0.341 e. The second kappa shape index (κ2) is 9.65. The maximum Gasteiger partial charge on any atom is 0.341 e. The van der Waals surface area contributed by atoms with Crippen molar-refractivity contribution in [1.29, 1.82) is 0 Å². The van der Waals surface area contributed by atoms with E-state index < -0.39 is 40.6 Å². The van der Waals surface area contributed by atoms with E-state index in [4.69, 9.17) is 10.5 Å². The Kier molecular flexibility index (Phi) is 6.79. The van der Waals surface area contributed by atoms with E-state index in [1.54, 1.807) is 9.47 Å². The fourth-order valence-corrected chi connectivity index (χ4v) is 4.46. The first-order valence-electron chi connectivity index (χ1n) is 11.5. The number of aromatic nitrogens is 1. The van der Waals surface area contributed by atoms with E-state index in [0.29, 0.717) is 30.5 Å². The zero-order chi connectivity index (χ0) is 25.4. The van der Waals surface area contributed by atoms with Gasteiger partial charge in [0.05, 0.1) is 30.6 Å². The highest BCUT2D eigenvalue weighted by molar-refractivity contribution is 5.97. The number of nitrogens with two attached hydrogens (primary N) is 1. The molecule has 1 aliphatic heterocycles. The highest BCUT2D eigenvalue weighted by atomic mass is 19.1. The summed E-state index contributed by atoms with van der Waals surface area (Å²) in [6.45, 7) is 1.68. The molecule has 1 aliphatic carbocycles. The number of anilines is 1. The number of carboxylic acid groups (broad SMARTS) is 1. The lowest BCUT2D eigenvalue weighted by Crippen LogP contribution is -2.39. The van der Waals surface area contributed by atoms with Crippen LogP contribution in [0.3, 0.4) is 0 Å². The molecule has 2 aromatic rings. The van der Waals surface area contributed by atoms with Crippen LogP contribution in [0.15, 0.2) is 28.5 Å². The van der Waals surface area contributed by atoms with Gasteiger partial charge in [-0.1, -0.05) is 0 Å². The van der Waals surface area contributed by atoms with E-state index in [1.165, 1.54) is 20.2 Å². The molecule has 0 bridgehead atoms.